The predicted molar refractivity (Wildman–Crippen MR) is 43.7 cm³/mol. The van der Waals surface area contributed by atoms with Gasteiger partial charge in [-0.05, 0) is 6.92 Å². The molecular weight excluding hydrogens is 160 g/mol. The van der Waals surface area contributed by atoms with Crippen molar-refractivity contribution in [2.24, 2.45) is 0 Å². The molecule has 4 nitrogen and oxygen atoms in total. The Morgan fingerprint density at radius 2 is 2.33 bits per heavy atom. The summed E-state index contributed by atoms with van der Waals surface area (Å²) < 4.78 is 8.88. The van der Waals surface area contributed by atoms with E-state index in [1.807, 2.05) is 0 Å². The summed E-state index contributed by atoms with van der Waals surface area (Å²) in [7, 11) is 1.33. The zero-order valence-corrected chi connectivity index (χ0v) is 7.37. The highest BCUT2D eigenvalue weighted by Crippen LogP contribution is 2.04. The summed E-state index contributed by atoms with van der Waals surface area (Å²) in [4.78, 5) is 10.2. The van der Waals surface area contributed by atoms with Gasteiger partial charge in [0.25, 0.3) is 0 Å². The van der Waals surface area contributed by atoms with E-state index in [9.17, 15) is 4.79 Å². The molecule has 0 amide bonds. The van der Waals surface area contributed by atoms with E-state index in [1.54, 1.807) is 6.92 Å². The van der Waals surface area contributed by atoms with E-state index >= 15 is 0 Å². The maximum atomic E-state index is 10.2. The van der Waals surface area contributed by atoms with Crippen LogP contribution in [0.2, 0.25) is 0 Å². The van der Waals surface area contributed by atoms with Gasteiger partial charge in [0.2, 0.25) is 0 Å². The monoisotopic (exact) mass is 174 g/mol. The molecule has 1 rings (SSSR count). The molecule has 0 saturated carbocycles. The molecule has 1 unspecified atom stereocenters. The van der Waals surface area contributed by atoms with Crippen molar-refractivity contribution in [1.29, 1.82) is 0 Å². The first-order valence-corrected chi connectivity index (χ1v) is 3.58. The molecule has 0 aromatic rings. The van der Waals surface area contributed by atoms with Crippen molar-refractivity contribution >= 4 is 5.97 Å². The first kappa shape index (κ1) is 11.1. The Bertz CT molecular complexity index is 160. The molecule has 70 valence electrons. The summed E-state index contributed by atoms with van der Waals surface area (Å²) in [5.74, 6) is -0.347. The molecular formula is C8H14O4. The lowest BCUT2D eigenvalue weighted by Crippen LogP contribution is -1.98. The third-order valence-electron chi connectivity index (χ3n) is 1.14. The van der Waals surface area contributed by atoms with E-state index in [0.29, 0.717) is 5.57 Å². The second-order valence-electron chi connectivity index (χ2n) is 2.41. The number of rotatable bonds is 2. The van der Waals surface area contributed by atoms with Crippen molar-refractivity contribution in [3.05, 3.63) is 12.2 Å². The number of hydrogen-bond donors (Lipinski definition) is 1. The molecule has 0 spiro atoms. The predicted octanol–water partition coefficient (Wildman–Crippen LogP) is 0.113. The molecule has 1 heterocycles. The average molecular weight is 174 g/mol. The zero-order valence-electron chi connectivity index (χ0n) is 7.37. The van der Waals surface area contributed by atoms with Crippen molar-refractivity contribution in [1.82, 2.24) is 0 Å². The van der Waals surface area contributed by atoms with Crippen LogP contribution in [0.15, 0.2) is 12.2 Å². The molecule has 1 fully saturated rings. The van der Waals surface area contributed by atoms with Gasteiger partial charge in [0.15, 0.2) is 0 Å². The van der Waals surface area contributed by atoms with E-state index in [-0.39, 0.29) is 18.7 Å². The number of esters is 1. The summed E-state index contributed by atoms with van der Waals surface area (Å²) in [5, 5.41) is 8.08. The topological polar surface area (TPSA) is 59.1 Å². The molecule has 0 aliphatic carbocycles. The van der Waals surface area contributed by atoms with E-state index < -0.39 is 0 Å². The molecule has 1 aliphatic rings. The minimum Gasteiger partial charge on any atom is -0.466 e. The van der Waals surface area contributed by atoms with Crippen molar-refractivity contribution < 1.29 is 19.4 Å². The molecule has 1 aliphatic heterocycles. The second kappa shape index (κ2) is 5.74. The Labute approximate surface area is 71.8 Å². The molecule has 1 N–H and O–H groups in total. The number of carbonyl (C=O) groups excluding carboxylic acids is 1. The molecule has 0 bridgehead atoms. The fourth-order valence-corrected chi connectivity index (χ4v) is 0.348. The van der Waals surface area contributed by atoms with Crippen LogP contribution in [-0.2, 0) is 14.3 Å². The van der Waals surface area contributed by atoms with Crippen LogP contribution in [0.5, 0.6) is 0 Å². The first-order chi connectivity index (χ1) is 5.61. The van der Waals surface area contributed by atoms with E-state index in [2.05, 4.69) is 16.1 Å². The molecule has 4 heteroatoms. The minimum absolute atomic E-state index is 0.190. The van der Waals surface area contributed by atoms with Crippen LogP contribution in [0.1, 0.15) is 6.92 Å². The summed E-state index contributed by atoms with van der Waals surface area (Å²) >= 11 is 0. The maximum absolute atomic E-state index is 10.2. The molecule has 0 radical (unpaired) electrons. The van der Waals surface area contributed by atoms with Gasteiger partial charge in [0.1, 0.15) is 6.10 Å². The lowest BCUT2D eigenvalue weighted by Gasteiger charge is -1.91. The minimum atomic E-state index is -0.347. The lowest BCUT2D eigenvalue weighted by molar-refractivity contribution is -0.136. The zero-order chi connectivity index (χ0) is 9.56. The second-order valence-corrected chi connectivity index (χ2v) is 2.41. The van der Waals surface area contributed by atoms with Crippen molar-refractivity contribution in [3.8, 4) is 0 Å². The van der Waals surface area contributed by atoms with E-state index in [1.165, 1.54) is 7.11 Å². The first-order valence-electron chi connectivity index (χ1n) is 3.58. The summed E-state index contributed by atoms with van der Waals surface area (Å²) in [6, 6.07) is 0. The van der Waals surface area contributed by atoms with Gasteiger partial charge in [-0.25, -0.2) is 4.79 Å². The van der Waals surface area contributed by atoms with Gasteiger partial charge in [-0.1, -0.05) is 6.58 Å². The number of aliphatic hydroxyl groups excluding tert-OH is 1. The van der Waals surface area contributed by atoms with Gasteiger partial charge >= 0.3 is 5.97 Å². The Kier molecular flexibility index (Phi) is 5.32. The SMILES string of the molecule is C=C(C)C(=O)OC.OCC1CO1. The van der Waals surface area contributed by atoms with Crippen molar-refractivity contribution in [2.45, 2.75) is 13.0 Å². The average Bonchev–Trinajstić information content (AvgIpc) is 2.86. The van der Waals surface area contributed by atoms with Crippen LogP contribution in [-0.4, -0.2) is 37.5 Å². The van der Waals surface area contributed by atoms with E-state index in [0.717, 1.165) is 6.61 Å². The van der Waals surface area contributed by atoms with Crippen LogP contribution in [0.25, 0.3) is 0 Å². The molecule has 12 heavy (non-hydrogen) atoms. The highest BCUT2D eigenvalue weighted by atomic mass is 16.6. The molecule has 1 atom stereocenters. The van der Waals surface area contributed by atoms with Gasteiger partial charge in [-0.2, -0.15) is 0 Å². The Balaban J connectivity index is 0.000000211. The molecule has 0 aromatic carbocycles. The fraction of sp³-hybridized carbons (Fsp3) is 0.625. The van der Waals surface area contributed by atoms with Crippen molar-refractivity contribution in [2.75, 3.05) is 20.3 Å². The highest BCUT2D eigenvalue weighted by molar-refractivity contribution is 5.86. The van der Waals surface area contributed by atoms with Gasteiger partial charge in [0, 0.05) is 5.57 Å². The van der Waals surface area contributed by atoms with Crippen molar-refractivity contribution in [3.63, 3.8) is 0 Å². The summed E-state index contributed by atoms with van der Waals surface area (Å²) in [6.45, 7) is 5.91. The number of epoxide rings is 1. The third kappa shape index (κ3) is 5.88. The lowest BCUT2D eigenvalue weighted by atomic mass is 10.4. The van der Waals surface area contributed by atoms with Crippen LogP contribution in [0.3, 0.4) is 0 Å². The van der Waals surface area contributed by atoms with E-state index in [4.69, 9.17) is 5.11 Å². The number of aliphatic hydroxyl groups is 1. The number of ether oxygens (including phenoxy) is 2. The fourth-order valence-electron chi connectivity index (χ4n) is 0.348. The standard InChI is InChI=1S/C5H8O2.C3H6O2/c1-4(2)5(6)7-3;4-1-3-2-5-3/h1H2,2-3H3;3-4H,1-2H2. The quantitative estimate of drug-likeness (QED) is 0.367. The maximum Gasteiger partial charge on any atom is 0.332 e. The summed E-state index contributed by atoms with van der Waals surface area (Å²) in [5.41, 5.74) is 0.433. The van der Waals surface area contributed by atoms with Gasteiger partial charge in [-0.3, -0.25) is 0 Å². The Hall–Kier alpha value is -0.870. The summed E-state index contributed by atoms with van der Waals surface area (Å²) in [6.07, 6.45) is 0.190. The number of methoxy groups -OCH3 is 1. The smallest absolute Gasteiger partial charge is 0.332 e. The van der Waals surface area contributed by atoms with Crippen LogP contribution in [0.4, 0.5) is 0 Å². The largest absolute Gasteiger partial charge is 0.466 e. The normalized spacial score (nSPS) is 18.8. The van der Waals surface area contributed by atoms with Gasteiger partial charge < -0.3 is 14.6 Å². The number of carbonyl (C=O) groups is 1. The molecule has 1 saturated heterocycles. The Morgan fingerprint density at radius 3 is 2.33 bits per heavy atom. The van der Waals surface area contributed by atoms with Crippen LogP contribution in [0, 0.1) is 0 Å². The third-order valence-corrected chi connectivity index (χ3v) is 1.14. The van der Waals surface area contributed by atoms with Gasteiger partial charge in [-0.15, -0.1) is 0 Å². The van der Waals surface area contributed by atoms with Crippen LogP contribution >= 0.6 is 0 Å². The number of hydrogen-bond acceptors (Lipinski definition) is 4. The highest BCUT2D eigenvalue weighted by Gasteiger charge is 2.19. The van der Waals surface area contributed by atoms with Gasteiger partial charge in [0.05, 0.1) is 20.3 Å². The molecule has 0 aromatic heterocycles. The van der Waals surface area contributed by atoms with Crippen LogP contribution < -0.4 is 0 Å². The Morgan fingerprint density at radius 1 is 1.83 bits per heavy atom.